The molecule has 5 nitrogen and oxygen atoms in total. The van der Waals surface area contributed by atoms with E-state index in [0.717, 1.165) is 38.8 Å². The normalized spacial score (nSPS) is 20.3. The van der Waals surface area contributed by atoms with Crippen LogP contribution in [0.1, 0.15) is 44.9 Å². The summed E-state index contributed by atoms with van der Waals surface area (Å²) in [5.74, 6) is 0.791. The molecule has 0 spiro atoms. The summed E-state index contributed by atoms with van der Waals surface area (Å²) in [5, 5.41) is 3.16. The monoisotopic (exact) mass is 306 g/mol. The number of nitrogens with one attached hydrogen (secondary N) is 1. The maximum atomic E-state index is 12.8. The van der Waals surface area contributed by atoms with E-state index in [1.807, 2.05) is 0 Å². The number of nitrogens with zero attached hydrogens (tertiary/aromatic N) is 3. The van der Waals surface area contributed by atoms with E-state index in [0.29, 0.717) is 24.3 Å². The zero-order valence-corrected chi connectivity index (χ0v) is 12.8. The lowest BCUT2D eigenvalue weighted by atomic mass is 9.93. The van der Waals surface area contributed by atoms with Gasteiger partial charge in [-0.05, 0) is 31.6 Å². The van der Waals surface area contributed by atoms with Crippen molar-refractivity contribution in [2.45, 2.75) is 51.0 Å². The SMILES string of the molecule is O=C(CC1CCN(c2ncc(F)cn2)CC1)NC1CCCC1. The molecule has 22 heavy (non-hydrogen) atoms. The fourth-order valence-corrected chi connectivity index (χ4v) is 3.42. The molecule has 2 heterocycles. The van der Waals surface area contributed by atoms with Gasteiger partial charge in [0.25, 0.3) is 0 Å². The smallest absolute Gasteiger partial charge is 0.225 e. The summed E-state index contributed by atoms with van der Waals surface area (Å²) < 4.78 is 12.8. The molecule has 0 radical (unpaired) electrons. The minimum atomic E-state index is -0.415. The molecule has 1 amide bonds. The predicted octanol–water partition coefficient (Wildman–Crippen LogP) is 2.28. The molecular weight excluding hydrogens is 283 g/mol. The van der Waals surface area contributed by atoms with Gasteiger partial charge < -0.3 is 10.2 Å². The number of rotatable bonds is 4. The lowest BCUT2D eigenvalue weighted by molar-refractivity contribution is -0.122. The topological polar surface area (TPSA) is 58.1 Å². The van der Waals surface area contributed by atoms with E-state index >= 15 is 0 Å². The van der Waals surface area contributed by atoms with Crippen molar-refractivity contribution in [2.24, 2.45) is 5.92 Å². The van der Waals surface area contributed by atoms with Crippen LogP contribution in [0.15, 0.2) is 12.4 Å². The Morgan fingerprint density at radius 3 is 2.45 bits per heavy atom. The van der Waals surface area contributed by atoms with Gasteiger partial charge in [0.15, 0.2) is 5.82 Å². The number of carbonyl (C=O) groups is 1. The van der Waals surface area contributed by atoms with Crippen LogP contribution in [0.3, 0.4) is 0 Å². The van der Waals surface area contributed by atoms with Gasteiger partial charge in [0.2, 0.25) is 11.9 Å². The minimum absolute atomic E-state index is 0.198. The number of aromatic nitrogens is 2. The van der Waals surface area contributed by atoms with Gasteiger partial charge >= 0.3 is 0 Å². The van der Waals surface area contributed by atoms with Crippen molar-refractivity contribution in [1.29, 1.82) is 0 Å². The van der Waals surface area contributed by atoms with Gasteiger partial charge in [-0.3, -0.25) is 4.79 Å². The Bertz CT molecular complexity index is 493. The number of amides is 1. The highest BCUT2D eigenvalue weighted by atomic mass is 19.1. The molecule has 0 unspecified atom stereocenters. The first-order valence-corrected chi connectivity index (χ1v) is 8.22. The molecule has 120 valence electrons. The summed E-state index contributed by atoms with van der Waals surface area (Å²) in [7, 11) is 0. The van der Waals surface area contributed by atoms with E-state index in [9.17, 15) is 9.18 Å². The molecule has 0 aromatic carbocycles. The van der Waals surface area contributed by atoms with E-state index in [-0.39, 0.29) is 5.91 Å². The predicted molar refractivity (Wildman–Crippen MR) is 81.9 cm³/mol. The van der Waals surface area contributed by atoms with Gasteiger partial charge in [0, 0.05) is 25.6 Å². The molecular formula is C16H23FN4O. The Morgan fingerprint density at radius 2 is 1.82 bits per heavy atom. The molecule has 6 heteroatoms. The molecule has 2 aliphatic rings. The number of hydrogen-bond acceptors (Lipinski definition) is 4. The number of carbonyl (C=O) groups excluding carboxylic acids is 1. The zero-order valence-electron chi connectivity index (χ0n) is 12.8. The Morgan fingerprint density at radius 1 is 1.18 bits per heavy atom. The van der Waals surface area contributed by atoms with Crippen LogP contribution in [0.4, 0.5) is 10.3 Å². The molecule has 1 saturated carbocycles. The van der Waals surface area contributed by atoms with Crippen molar-refractivity contribution >= 4 is 11.9 Å². The summed E-state index contributed by atoms with van der Waals surface area (Å²) in [4.78, 5) is 22.2. The molecule has 1 aromatic rings. The van der Waals surface area contributed by atoms with Gasteiger partial charge in [-0.15, -0.1) is 0 Å². The van der Waals surface area contributed by atoms with Crippen LogP contribution in [0.25, 0.3) is 0 Å². The van der Waals surface area contributed by atoms with Crippen molar-refractivity contribution < 1.29 is 9.18 Å². The van der Waals surface area contributed by atoms with Crippen molar-refractivity contribution in [3.05, 3.63) is 18.2 Å². The van der Waals surface area contributed by atoms with Gasteiger partial charge in [-0.25, -0.2) is 14.4 Å². The Kier molecular flexibility index (Phi) is 4.85. The highest BCUT2D eigenvalue weighted by Crippen LogP contribution is 2.24. The molecule has 3 rings (SSSR count). The van der Waals surface area contributed by atoms with Crippen molar-refractivity contribution in [2.75, 3.05) is 18.0 Å². The maximum absolute atomic E-state index is 12.8. The minimum Gasteiger partial charge on any atom is -0.353 e. The third kappa shape index (κ3) is 3.93. The fraction of sp³-hybridized carbons (Fsp3) is 0.688. The van der Waals surface area contributed by atoms with Crippen LogP contribution in [0.5, 0.6) is 0 Å². The summed E-state index contributed by atoms with van der Waals surface area (Å²) in [6, 6.07) is 0.403. The Hall–Kier alpha value is -1.72. The van der Waals surface area contributed by atoms with Crippen LogP contribution < -0.4 is 10.2 Å². The standard InChI is InChI=1S/C16H23FN4O/c17-13-10-18-16(19-11-13)21-7-5-12(6-8-21)9-15(22)20-14-3-1-2-4-14/h10-12,14H,1-9H2,(H,20,22). The number of anilines is 1. The number of piperidine rings is 1. The molecule has 1 saturated heterocycles. The second-order valence-corrected chi connectivity index (χ2v) is 6.38. The van der Waals surface area contributed by atoms with Crippen LogP contribution in [0.2, 0.25) is 0 Å². The first-order valence-electron chi connectivity index (χ1n) is 8.22. The van der Waals surface area contributed by atoms with Crippen molar-refractivity contribution in [3.63, 3.8) is 0 Å². The summed E-state index contributed by atoms with van der Waals surface area (Å²) in [6.45, 7) is 1.65. The molecule has 0 atom stereocenters. The second-order valence-electron chi connectivity index (χ2n) is 6.38. The average molecular weight is 306 g/mol. The number of hydrogen-bond donors (Lipinski definition) is 1. The summed E-state index contributed by atoms with van der Waals surface area (Å²) >= 11 is 0. The zero-order chi connectivity index (χ0) is 15.4. The first-order chi connectivity index (χ1) is 10.7. The van der Waals surface area contributed by atoms with E-state index in [4.69, 9.17) is 0 Å². The third-order valence-corrected chi connectivity index (χ3v) is 4.70. The number of halogens is 1. The Balaban J connectivity index is 1.43. The van der Waals surface area contributed by atoms with Crippen molar-refractivity contribution in [3.8, 4) is 0 Å². The average Bonchev–Trinajstić information content (AvgIpc) is 3.02. The molecule has 2 fully saturated rings. The molecule has 1 aromatic heterocycles. The third-order valence-electron chi connectivity index (χ3n) is 4.70. The molecule has 1 N–H and O–H groups in total. The van der Waals surface area contributed by atoms with Gasteiger partial charge in [0.1, 0.15) is 0 Å². The molecule has 0 bridgehead atoms. The summed E-state index contributed by atoms with van der Waals surface area (Å²) in [6.07, 6.45) is 9.67. The second kappa shape index (κ2) is 7.03. The Labute approximate surface area is 130 Å². The lowest BCUT2D eigenvalue weighted by Gasteiger charge is -2.31. The maximum Gasteiger partial charge on any atom is 0.225 e. The lowest BCUT2D eigenvalue weighted by Crippen LogP contribution is -2.38. The van der Waals surface area contributed by atoms with Crippen LogP contribution in [-0.4, -0.2) is 35.0 Å². The fourth-order valence-electron chi connectivity index (χ4n) is 3.42. The van der Waals surface area contributed by atoms with E-state index in [1.54, 1.807) is 0 Å². The largest absolute Gasteiger partial charge is 0.353 e. The van der Waals surface area contributed by atoms with E-state index < -0.39 is 5.82 Å². The van der Waals surface area contributed by atoms with Gasteiger partial charge in [-0.1, -0.05) is 12.8 Å². The highest BCUT2D eigenvalue weighted by Gasteiger charge is 2.24. The van der Waals surface area contributed by atoms with Crippen LogP contribution in [0, 0.1) is 11.7 Å². The highest BCUT2D eigenvalue weighted by molar-refractivity contribution is 5.76. The van der Waals surface area contributed by atoms with E-state index in [1.165, 1.54) is 25.2 Å². The van der Waals surface area contributed by atoms with Gasteiger partial charge in [-0.2, -0.15) is 0 Å². The summed E-state index contributed by atoms with van der Waals surface area (Å²) in [5.41, 5.74) is 0. The first kappa shape index (κ1) is 15.2. The van der Waals surface area contributed by atoms with Crippen molar-refractivity contribution in [1.82, 2.24) is 15.3 Å². The van der Waals surface area contributed by atoms with E-state index in [2.05, 4.69) is 20.2 Å². The quantitative estimate of drug-likeness (QED) is 0.927. The van der Waals surface area contributed by atoms with Gasteiger partial charge in [0.05, 0.1) is 12.4 Å². The molecule has 1 aliphatic heterocycles. The van der Waals surface area contributed by atoms with Crippen LogP contribution >= 0.6 is 0 Å². The molecule has 1 aliphatic carbocycles. The van der Waals surface area contributed by atoms with Crippen LogP contribution in [-0.2, 0) is 4.79 Å².